The molecule has 0 spiro atoms. The molecule has 0 radical (unpaired) electrons. The van der Waals surface area contributed by atoms with Crippen molar-refractivity contribution in [3.05, 3.63) is 42.0 Å². The quantitative estimate of drug-likeness (QED) is 0.784. The van der Waals surface area contributed by atoms with Gasteiger partial charge in [-0.15, -0.1) is 11.3 Å². The van der Waals surface area contributed by atoms with Gasteiger partial charge in [0.2, 0.25) is 5.91 Å². The van der Waals surface area contributed by atoms with Crippen LogP contribution in [-0.2, 0) is 14.6 Å². The van der Waals surface area contributed by atoms with Crippen molar-refractivity contribution in [1.29, 1.82) is 0 Å². The van der Waals surface area contributed by atoms with Crippen molar-refractivity contribution in [3.63, 3.8) is 0 Å². The van der Waals surface area contributed by atoms with Crippen molar-refractivity contribution in [2.24, 2.45) is 0 Å². The number of benzene rings is 1. The topological polar surface area (TPSA) is 80.5 Å². The molecule has 0 aliphatic heterocycles. The zero-order valence-electron chi connectivity index (χ0n) is 12.6. The van der Waals surface area contributed by atoms with E-state index in [0.29, 0.717) is 5.69 Å². The number of nitrogens with one attached hydrogen (secondary N) is 1. The Hall–Kier alpha value is -2.19. The van der Waals surface area contributed by atoms with E-state index in [1.54, 1.807) is 23.5 Å². The highest BCUT2D eigenvalue weighted by Crippen LogP contribution is 2.23. The van der Waals surface area contributed by atoms with E-state index < -0.39 is 21.0 Å². The number of amides is 1. The van der Waals surface area contributed by atoms with E-state index >= 15 is 0 Å². The molecule has 0 fully saturated rings. The van der Waals surface area contributed by atoms with E-state index in [4.69, 9.17) is 0 Å². The maximum Gasteiger partial charge on any atom is 0.242 e. The number of sulfone groups is 1. The van der Waals surface area contributed by atoms with Gasteiger partial charge in [-0.05, 0) is 19.1 Å². The molecule has 0 aliphatic carbocycles. The molecule has 0 saturated heterocycles. The minimum Gasteiger partial charge on any atom is -0.325 e. The van der Waals surface area contributed by atoms with Crippen LogP contribution in [0.25, 0.3) is 16.2 Å². The van der Waals surface area contributed by atoms with Crippen LogP contribution in [-0.4, -0.2) is 35.2 Å². The number of hydrogen-bond donors (Lipinski definition) is 1. The van der Waals surface area contributed by atoms with Gasteiger partial charge in [-0.1, -0.05) is 12.1 Å². The number of fused-ring (bicyclic) bond motifs is 1. The maximum absolute atomic E-state index is 11.9. The van der Waals surface area contributed by atoms with E-state index in [9.17, 15) is 13.2 Å². The first-order valence-electron chi connectivity index (χ1n) is 6.87. The molecule has 1 atom stereocenters. The van der Waals surface area contributed by atoms with E-state index in [1.807, 2.05) is 34.3 Å². The molecule has 3 aromatic rings. The summed E-state index contributed by atoms with van der Waals surface area (Å²) in [4.78, 5) is 17.3. The summed E-state index contributed by atoms with van der Waals surface area (Å²) >= 11 is 1.56. The molecular formula is C15H15N3O3S2. The number of carbonyl (C=O) groups excluding carboxylic acids is 1. The van der Waals surface area contributed by atoms with Crippen molar-refractivity contribution >= 4 is 37.7 Å². The zero-order valence-corrected chi connectivity index (χ0v) is 14.2. The summed E-state index contributed by atoms with van der Waals surface area (Å²) in [5, 5.41) is 3.49. The first kappa shape index (κ1) is 15.7. The summed E-state index contributed by atoms with van der Waals surface area (Å²) in [6, 6.07) is 7.14. The number of nitrogens with zero attached hydrogens (tertiary/aromatic N) is 2. The minimum atomic E-state index is -3.41. The summed E-state index contributed by atoms with van der Waals surface area (Å²) in [5.74, 6) is -0.539. The highest BCUT2D eigenvalue weighted by atomic mass is 32.2. The molecule has 1 N–H and O–H groups in total. The van der Waals surface area contributed by atoms with Crippen LogP contribution in [0.4, 0.5) is 5.69 Å². The third-order valence-electron chi connectivity index (χ3n) is 3.55. The lowest BCUT2D eigenvalue weighted by Gasteiger charge is -2.10. The molecular weight excluding hydrogens is 334 g/mol. The number of rotatable bonds is 4. The van der Waals surface area contributed by atoms with Gasteiger partial charge >= 0.3 is 0 Å². The van der Waals surface area contributed by atoms with Crippen LogP contribution in [0, 0.1) is 0 Å². The molecule has 1 aromatic carbocycles. The predicted octanol–water partition coefficient (Wildman–Crippen LogP) is 2.43. The molecule has 2 heterocycles. The molecule has 0 bridgehead atoms. The van der Waals surface area contributed by atoms with Crippen molar-refractivity contribution in [2.75, 3.05) is 11.6 Å². The molecule has 6 nitrogen and oxygen atoms in total. The van der Waals surface area contributed by atoms with Gasteiger partial charge in [0, 0.05) is 35.3 Å². The number of thiazole rings is 1. The van der Waals surface area contributed by atoms with Crippen LogP contribution in [0.3, 0.4) is 0 Å². The second kappa shape index (κ2) is 5.78. The molecule has 8 heteroatoms. The van der Waals surface area contributed by atoms with Gasteiger partial charge in [-0.3, -0.25) is 9.20 Å². The molecule has 1 amide bonds. The fraction of sp³-hybridized carbons (Fsp3) is 0.200. The van der Waals surface area contributed by atoms with Gasteiger partial charge in [0.15, 0.2) is 14.8 Å². The summed E-state index contributed by atoms with van der Waals surface area (Å²) in [7, 11) is -3.41. The minimum absolute atomic E-state index is 0.539. The second-order valence-electron chi connectivity index (χ2n) is 5.26. The largest absolute Gasteiger partial charge is 0.325 e. The Bertz CT molecular complexity index is 927. The van der Waals surface area contributed by atoms with Gasteiger partial charge in [-0.2, -0.15) is 0 Å². The first-order chi connectivity index (χ1) is 10.8. The monoisotopic (exact) mass is 349 g/mol. The third kappa shape index (κ3) is 3.27. The lowest BCUT2D eigenvalue weighted by molar-refractivity contribution is -0.115. The van der Waals surface area contributed by atoms with Crippen LogP contribution in [0.5, 0.6) is 0 Å². The Morgan fingerprint density at radius 1 is 1.30 bits per heavy atom. The third-order valence-corrected chi connectivity index (χ3v) is 5.82. The number of carbonyl (C=O) groups is 1. The van der Waals surface area contributed by atoms with Crippen LogP contribution < -0.4 is 5.32 Å². The fourth-order valence-electron chi connectivity index (χ4n) is 2.03. The van der Waals surface area contributed by atoms with Crippen LogP contribution >= 0.6 is 11.3 Å². The maximum atomic E-state index is 11.9. The van der Waals surface area contributed by atoms with Gasteiger partial charge in [0.05, 0.1) is 5.69 Å². The van der Waals surface area contributed by atoms with Crippen LogP contribution in [0.2, 0.25) is 0 Å². The number of anilines is 1. The lowest BCUT2D eigenvalue weighted by Crippen LogP contribution is -2.31. The summed E-state index contributed by atoms with van der Waals surface area (Å²) in [6.45, 7) is 1.37. The van der Waals surface area contributed by atoms with Crippen LogP contribution in [0.1, 0.15) is 6.92 Å². The number of aromatic nitrogens is 2. The van der Waals surface area contributed by atoms with Crippen molar-refractivity contribution < 1.29 is 13.2 Å². The average Bonchev–Trinajstić information content (AvgIpc) is 3.07. The van der Waals surface area contributed by atoms with Crippen LogP contribution in [0.15, 0.2) is 42.0 Å². The molecule has 3 rings (SSSR count). The molecule has 0 unspecified atom stereocenters. The molecule has 120 valence electrons. The normalized spacial score (nSPS) is 13.1. The Labute approximate surface area is 137 Å². The molecule has 2 aromatic heterocycles. The second-order valence-corrected chi connectivity index (χ2v) is 8.50. The SMILES string of the molecule is C[C@@H](C(=O)Nc1ccc(-c2cn3ccsc3n2)cc1)S(C)(=O)=O. The molecule has 0 saturated carbocycles. The number of imidazole rings is 1. The van der Waals surface area contributed by atoms with Gasteiger partial charge in [0.25, 0.3) is 0 Å². The van der Waals surface area contributed by atoms with Gasteiger partial charge in [-0.25, -0.2) is 13.4 Å². The van der Waals surface area contributed by atoms with E-state index in [-0.39, 0.29) is 0 Å². The molecule has 0 aliphatic rings. The van der Waals surface area contributed by atoms with Gasteiger partial charge in [0.1, 0.15) is 5.25 Å². The Morgan fingerprint density at radius 2 is 2.00 bits per heavy atom. The van der Waals surface area contributed by atoms with Crippen molar-refractivity contribution in [1.82, 2.24) is 9.38 Å². The smallest absolute Gasteiger partial charge is 0.242 e. The standard InChI is InChI=1S/C15H15N3O3S2/c1-10(23(2,20)21)14(19)16-12-5-3-11(4-6-12)13-9-18-7-8-22-15(18)17-13/h3-10H,1-2H3,(H,16,19)/t10-/m0/s1. The van der Waals surface area contributed by atoms with Crippen molar-refractivity contribution in [3.8, 4) is 11.3 Å². The number of hydrogen-bond acceptors (Lipinski definition) is 5. The highest BCUT2D eigenvalue weighted by Gasteiger charge is 2.23. The summed E-state index contributed by atoms with van der Waals surface area (Å²) in [6.07, 6.45) is 4.92. The fourth-order valence-corrected chi connectivity index (χ4v) is 3.18. The summed E-state index contributed by atoms with van der Waals surface area (Å²) < 4.78 is 24.7. The summed E-state index contributed by atoms with van der Waals surface area (Å²) in [5.41, 5.74) is 2.32. The Morgan fingerprint density at radius 3 is 2.61 bits per heavy atom. The van der Waals surface area contributed by atoms with E-state index in [2.05, 4.69) is 10.3 Å². The van der Waals surface area contributed by atoms with E-state index in [0.717, 1.165) is 22.5 Å². The lowest BCUT2D eigenvalue weighted by atomic mass is 10.1. The zero-order chi connectivity index (χ0) is 16.6. The highest BCUT2D eigenvalue weighted by molar-refractivity contribution is 7.92. The first-order valence-corrected chi connectivity index (χ1v) is 9.70. The molecule has 23 heavy (non-hydrogen) atoms. The average molecular weight is 349 g/mol. The van der Waals surface area contributed by atoms with Gasteiger partial charge < -0.3 is 5.32 Å². The van der Waals surface area contributed by atoms with E-state index in [1.165, 1.54) is 6.92 Å². The predicted molar refractivity (Wildman–Crippen MR) is 91.4 cm³/mol. The Balaban J connectivity index is 1.77. The van der Waals surface area contributed by atoms with Crippen molar-refractivity contribution in [2.45, 2.75) is 12.2 Å². The Kier molecular flexibility index (Phi) is 3.95.